The van der Waals surface area contributed by atoms with Crippen LogP contribution in [0.2, 0.25) is 0 Å². The van der Waals surface area contributed by atoms with Crippen LogP contribution in [0.5, 0.6) is 0 Å². The zero-order valence-corrected chi connectivity index (χ0v) is 17.2. The maximum Gasteiger partial charge on any atom is 0.328 e. The quantitative estimate of drug-likeness (QED) is 0.455. The fraction of sp³-hybridized carbons (Fsp3) is 0.762. The van der Waals surface area contributed by atoms with Gasteiger partial charge in [-0.25, -0.2) is 4.79 Å². The molecular weight excluding hydrogens is 344 g/mol. The average molecular weight is 383 g/mol. The second kappa shape index (κ2) is 17.6. The number of rotatable bonds is 14. The van der Waals surface area contributed by atoms with Crippen LogP contribution in [0.25, 0.3) is 0 Å². The lowest BCUT2D eigenvalue weighted by molar-refractivity contribution is -0.136. The van der Waals surface area contributed by atoms with E-state index in [-0.39, 0.29) is 17.7 Å². The lowest BCUT2D eigenvalue weighted by Crippen LogP contribution is -2.33. The molecule has 0 fully saturated rings. The summed E-state index contributed by atoms with van der Waals surface area (Å²) in [5.41, 5.74) is -0.498. The van der Waals surface area contributed by atoms with Gasteiger partial charge < -0.3 is 10.1 Å². The first-order valence-corrected chi connectivity index (χ1v) is 10.5. The molecule has 0 bridgehead atoms. The summed E-state index contributed by atoms with van der Waals surface area (Å²) in [4.78, 5) is 34.9. The van der Waals surface area contributed by atoms with Crippen LogP contribution in [0.3, 0.4) is 0 Å². The number of aliphatic carboxylic acids is 1. The number of carbonyl (C=O) groups is 1. The van der Waals surface area contributed by atoms with E-state index in [1.54, 1.807) is 6.92 Å². The van der Waals surface area contributed by atoms with E-state index in [1.165, 1.54) is 81.0 Å². The molecule has 0 spiro atoms. The molecule has 0 amide bonds. The summed E-state index contributed by atoms with van der Waals surface area (Å²) in [5.74, 6) is -0.745. The topological polar surface area (TPSA) is 92.2 Å². The smallest absolute Gasteiger partial charge is 0.328 e. The van der Waals surface area contributed by atoms with Crippen LogP contribution in [0.1, 0.15) is 97.3 Å². The lowest BCUT2D eigenvalue weighted by atomic mass is 10.1. The lowest BCUT2D eigenvalue weighted by Gasteiger charge is -2.04. The zero-order chi connectivity index (χ0) is 20.3. The fourth-order valence-electron chi connectivity index (χ4n) is 2.77. The van der Waals surface area contributed by atoms with Crippen LogP contribution in [-0.2, 0) is 11.3 Å². The van der Waals surface area contributed by atoms with Crippen LogP contribution in [0.4, 0.5) is 0 Å². The summed E-state index contributed by atoms with van der Waals surface area (Å²) in [7, 11) is 0. The third-order valence-corrected chi connectivity index (χ3v) is 4.48. The largest absolute Gasteiger partial charge is 0.481 e. The third-order valence-electron chi connectivity index (χ3n) is 4.48. The molecule has 0 unspecified atom stereocenters. The van der Waals surface area contributed by atoms with Crippen molar-refractivity contribution < 1.29 is 9.90 Å². The van der Waals surface area contributed by atoms with Crippen molar-refractivity contribution >= 4 is 5.97 Å². The van der Waals surface area contributed by atoms with Gasteiger partial charge in [0.15, 0.2) is 0 Å². The Labute approximate surface area is 163 Å². The Bertz CT molecular complexity index is 564. The van der Waals surface area contributed by atoms with Gasteiger partial charge in [0.25, 0.3) is 5.56 Å². The molecule has 0 saturated carbocycles. The second-order valence-corrected chi connectivity index (χ2v) is 6.91. The average Bonchev–Trinajstić information content (AvgIpc) is 2.65. The summed E-state index contributed by atoms with van der Waals surface area (Å²) >= 11 is 0. The number of hydrogen-bond donors (Lipinski definition) is 2. The van der Waals surface area contributed by atoms with Crippen molar-refractivity contribution in [3.63, 3.8) is 0 Å². The van der Waals surface area contributed by atoms with Crippen molar-refractivity contribution in [2.45, 2.75) is 104 Å². The summed E-state index contributed by atoms with van der Waals surface area (Å²) < 4.78 is 1.29. The number of hydrogen-bond acceptors (Lipinski definition) is 3. The van der Waals surface area contributed by atoms with E-state index in [0.717, 1.165) is 12.8 Å². The molecule has 156 valence electrons. The van der Waals surface area contributed by atoms with Gasteiger partial charge in [0.1, 0.15) is 0 Å². The number of H-pyrrole nitrogens is 1. The van der Waals surface area contributed by atoms with E-state index >= 15 is 0 Å². The molecule has 0 aliphatic carbocycles. The minimum absolute atomic E-state index is 0.202. The molecule has 6 heteroatoms. The first-order valence-electron chi connectivity index (χ1n) is 10.5. The molecule has 0 atom stereocenters. The van der Waals surface area contributed by atoms with Crippen LogP contribution < -0.4 is 11.2 Å². The van der Waals surface area contributed by atoms with Crippen molar-refractivity contribution in [1.29, 1.82) is 0 Å². The number of aromatic amines is 1. The van der Waals surface area contributed by atoms with Gasteiger partial charge in [-0.3, -0.25) is 14.2 Å². The van der Waals surface area contributed by atoms with Gasteiger partial charge in [0.2, 0.25) is 0 Å². The van der Waals surface area contributed by atoms with Crippen LogP contribution in [0.15, 0.2) is 21.9 Å². The second-order valence-electron chi connectivity index (χ2n) is 6.91. The molecule has 1 aromatic heterocycles. The van der Waals surface area contributed by atoms with E-state index in [4.69, 9.17) is 5.11 Å². The highest BCUT2D eigenvalue weighted by Crippen LogP contribution is 2.11. The van der Waals surface area contributed by atoms with Crippen LogP contribution in [-0.4, -0.2) is 20.6 Å². The van der Waals surface area contributed by atoms with E-state index in [2.05, 4.69) is 11.9 Å². The van der Waals surface area contributed by atoms with Crippen LogP contribution >= 0.6 is 0 Å². The predicted molar refractivity (Wildman–Crippen MR) is 110 cm³/mol. The predicted octanol–water partition coefficient (Wildman–Crippen LogP) is 4.72. The van der Waals surface area contributed by atoms with E-state index in [1.807, 2.05) is 0 Å². The standard InChI is InChI=1S/C18H32N2O2.C3H6O2/c1-2-3-4-5-6-7-8-9-10-11-12-13-16-20-17(21)14-15-19-18(20)22;1-2-3(4)5/h14-15H,2-13,16H2,1H3,(H,19,22);2H2,1H3,(H,4,5). The fourth-order valence-corrected chi connectivity index (χ4v) is 2.77. The summed E-state index contributed by atoms with van der Waals surface area (Å²) in [6.45, 7) is 4.39. The minimum atomic E-state index is -0.745. The van der Waals surface area contributed by atoms with Crippen molar-refractivity contribution in [2.24, 2.45) is 0 Å². The van der Waals surface area contributed by atoms with Crippen molar-refractivity contribution in [3.05, 3.63) is 33.1 Å². The maximum absolute atomic E-state index is 11.5. The molecule has 0 aromatic carbocycles. The first kappa shape index (κ1) is 25.1. The highest BCUT2D eigenvalue weighted by atomic mass is 16.4. The van der Waals surface area contributed by atoms with Gasteiger partial charge in [0, 0.05) is 25.2 Å². The Kier molecular flexibility index (Phi) is 16.4. The molecule has 27 heavy (non-hydrogen) atoms. The van der Waals surface area contributed by atoms with Crippen molar-refractivity contribution in [2.75, 3.05) is 0 Å². The van der Waals surface area contributed by atoms with Gasteiger partial charge in [-0.15, -0.1) is 0 Å². The molecule has 1 heterocycles. The minimum Gasteiger partial charge on any atom is -0.481 e. The molecule has 2 N–H and O–H groups in total. The normalized spacial score (nSPS) is 10.3. The number of aromatic nitrogens is 2. The molecule has 0 radical (unpaired) electrons. The monoisotopic (exact) mass is 382 g/mol. The molecular formula is C21H38N2O4. The summed E-state index contributed by atoms with van der Waals surface area (Å²) in [6, 6.07) is 1.40. The molecule has 0 saturated heterocycles. The Balaban J connectivity index is 0.00000119. The molecule has 1 aromatic rings. The molecule has 1 rings (SSSR count). The number of carboxylic acids is 1. The summed E-state index contributed by atoms with van der Waals surface area (Å²) in [5, 5.41) is 7.72. The van der Waals surface area contributed by atoms with E-state index in [0.29, 0.717) is 6.54 Å². The number of nitrogens with zero attached hydrogens (tertiary/aromatic N) is 1. The van der Waals surface area contributed by atoms with Crippen LogP contribution in [0, 0.1) is 0 Å². The Morgan fingerprint density at radius 3 is 1.74 bits per heavy atom. The number of nitrogens with one attached hydrogen (secondary N) is 1. The van der Waals surface area contributed by atoms with Gasteiger partial charge in [-0.2, -0.15) is 0 Å². The zero-order valence-electron chi connectivity index (χ0n) is 17.2. The van der Waals surface area contributed by atoms with Gasteiger partial charge in [-0.05, 0) is 6.42 Å². The van der Waals surface area contributed by atoms with Gasteiger partial charge in [0.05, 0.1) is 0 Å². The molecule has 0 aliphatic rings. The maximum atomic E-state index is 11.5. The number of carboxylic acid groups (broad SMARTS) is 1. The van der Waals surface area contributed by atoms with Gasteiger partial charge >= 0.3 is 11.7 Å². The molecule has 6 nitrogen and oxygen atoms in total. The van der Waals surface area contributed by atoms with E-state index in [9.17, 15) is 14.4 Å². The molecule has 0 aliphatic heterocycles. The first-order chi connectivity index (χ1) is 13.0. The Morgan fingerprint density at radius 2 is 1.33 bits per heavy atom. The van der Waals surface area contributed by atoms with Crippen molar-refractivity contribution in [1.82, 2.24) is 9.55 Å². The van der Waals surface area contributed by atoms with E-state index < -0.39 is 5.97 Å². The number of unbranched alkanes of at least 4 members (excludes halogenated alkanes) is 11. The van der Waals surface area contributed by atoms with Crippen molar-refractivity contribution in [3.8, 4) is 0 Å². The summed E-state index contributed by atoms with van der Waals surface area (Å²) in [6.07, 6.45) is 17.0. The van der Waals surface area contributed by atoms with Gasteiger partial charge in [-0.1, -0.05) is 84.5 Å². The Hall–Kier alpha value is -1.85. The highest BCUT2D eigenvalue weighted by molar-refractivity contribution is 5.66. The highest BCUT2D eigenvalue weighted by Gasteiger charge is 1.99. The third kappa shape index (κ3) is 15.0. The SMILES string of the molecule is CCC(=O)O.CCCCCCCCCCCCCCn1c(=O)cc[nH]c1=O. The Morgan fingerprint density at radius 1 is 0.889 bits per heavy atom.